The fourth-order valence-corrected chi connectivity index (χ4v) is 5.12. The molecule has 0 radical (unpaired) electrons. The molecule has 2 aromatic carbocycles. The van der Waals surface area contributed by atoms with Gasteiger partial charge in [-0.2, -0.15) is 0 Å². The van der Waals surface area contributed by atoms with Crippen molar-refractivity contribution in [2.75, 3.05) is 25.5 Å². The molecule has 0 aromatic heterocycles. The molecule has 1 saturated carbocycles. The Balaban J connectivity index is 1.58. The molecule has 1 heterocycles. The Morgan fingerprint density at radius 1 is 1.07 bits per heavy atom. The predicted molar refractivity (Wildman–Crippen MR) is 119 cm³/mol. The predicted octanol–water partition coefficient (Wildman–Crippen LogP) is 3.39. The number of benzene rings is 2. The van der Waals surface area contributed by atoms with Crippen LogP contribution in [0.1, 0.15) is 47.2 Å². The Bertz CT molecular complexity index is 962. The number of nitrogens with zero attached hydrogens (tertiary/aromatic N) is 2. The van der Waals surface area contributed by atoms with Crippen LogP contribution in [0.5, 0.6) is 0 Å². The van der Waals surface area contributed by atoms with E-state index >= 15 is 0 Å². The number of hydrogen-bond acceptors (Lipinski definition) is 3. The Kier molecular flexibility index (Phi) is 5.06. The maximum atomic E-state index is 12.9. The van der Waals surface area contributed by atoms with Crippen molar-refractivity contribution in [1.29, 1.82) is 0 Å². The van der Waals surface area contributed by atoms with Crippen molar-refractivity contribution in [2.45, 2.75) is 43.7 Å². The summed E-state index contributed by atoms with van der Waals surface area (Å²) in [7, 11) is 4.28. The third kappa shape index (κ3) is 3.35. The number of nitrogens with two attached hydrogens (primary N) is 1. The average molecular weight is 407 g/mol. The van der Waals surface area contributed by atoms with Crippen molar-refractivity contribution < 1.29 is 9.59 Å². The smallest absolute Gasteiger partial charge is 0.322 e. The van der Waals surface area contributed by atoms with Crippen LogP contribution in [0.3, 0.4) is 0 Å². The summed E-state index contributed by atoms with van der Waals surface area (Å²) in [4.78, 5) is 28.7. The van der Waals surface area contributed by atoms with E-state index in [1.807, 2.05) is 13.0 Å². The second-order valence-electron chi connectivity index (χ2n) is 8.95. The molecule has 3 N–H and O–H groups in total. The molecule has 3 amide bonds. The quantitative estimate of drug-likeness (QED) is 0.817. The number of anilines is 1. The third-order valence-corrected chi connectivity index (χ3v) is 7.06. The molecule has 30 heavy (non-hydrogen) atoms. The first-order valence-corrected chi connectivity index (χ1v) is 10.5. The van der Waals surface area contributed by atoms with Crippen molar-refractivity contribution in [3.05, 3.63) is 65.2 Å². The van der Waals surface area contributed by atoms with Gasteiger partial charge >= 0.3 is 6.03 Å². The van der Waals surface area contributed by atoms with Crippen LogP contribution in [0, 0.1) is 6.92 Å². The molecule has 6 heteroatoms. The van der Waals surface area contributed by atoms with Crippen LogP contribution < -0.4 is 16.0 Å². The van der Waals surface area contributed by atoms with Gasteiger partial charge in [0.25, 0.3) is 0 Å². The Hall–Kier alpha value is -2.86. The average Bonchev–Trinajstić information content (AvgIpc) is 3.05. The topological polar surface area (TPSA) is 78.7 Å². The fourth-order valence-electron chi connectivity index (χ4n) is 5.12. The van der Waals surface area contributed by atoms with Crippen LogP contribution in [-0.4, -0.2) is 43.0 Å². The third-order valence-electron chi connectivity index (χ3n) is 7.06. The van der Waals surface area contributed by atoms with E-state index in [1.165, 1.54) is 5.56 Å². The van der Waals surface area contributed by atoms with Crippen LogP contribution in [0.15, 0.2) is 48.5 Å². The normalized spacial score (nSPS) is 26.3. The summed E-state index contributed by atoms with van der Waals surface area (Å²) < 4.78 is 0. The Labute approximate surface area is 178 Å². The lowest BCUT2D eigenvalue weighted by Crippen LogP contribution is -2.54. The second-order valence-corrected chi connectivity index (χ2v) is 8.95. The molecule has 1 saturated heterocycles. The highest BCUT2D eigenvalue weighted by molar-refractivity contribution is 5.99. The number of aryl methyl sites for hydroxylation is 1. The molecule has 1 aliphatic heterocycles. The van der Waals surface area contributed by atoms with Gasteiger partial charge in [0, 0.05) is 16.8 Å². The SMILES string of the molecule is Cc1ccc(C(N)=O)cc1N1CC2(CCC(c3ccccc3)(N(C)C)CC2)NC1=O. The summed E-state index contributed by atoms with van der Waals surface area (Å²) >= 11 is 0. The van der Waals surface area contributed by atoms with E-state index in [9.17, 15) is 9.59 Å². The molecular formula is C24H30N4O2. The molecule has 0 bridgehead atoms. The van der Waals surface area contributed by atoms with Gasteiger partial charge in [0.05, 0.1) is 12.1 Å². The number of nitrogens with one attached hydrogen (secondary N) is 1. The van der Waals surface area contributed by atoms with Gasteiger partial charge in [0.15, 0.2) is 0 Å². The van der Waals surface area contributed by atoms with Gasteiger partial charge in [-0.3, -0.25) is 14.6 Å². The first-order valence-electron chi connectivity index (χ1n) is 10.5. The minimum Gasteiger partial charge on any atom is -0.366 e. The van der Waals surface area contributed by atoms with Crippen molar-refractivity contribution in [3.63, 3.8) is 0 Å². The van der Waals surface area contributed by atoms with E-state index in [0.717, 1.165) is 36.9 Å². The summed E-state index contributed by atoms with van der Waals surface area (Å²) in [6.07, 6.45) is 3.74. The molecule has 4 rings (SSSR count). The molecule has 2 aliphatic rings. The number of rotatable bonds is 4. The first kappa shape index (κ1) is 20.4. The van der Waals surface area contributed by atoms with Crippen LogP contribution in [0.2, 0.25) is 0 Å². The number of urea groups is 1. The summed E-state index contributed by atoms with van der Waals surface area (Å²) in [6, 6.07) is 15.8. The van der Waals surface area contributed by atoms with Crippen LogP contribution >= 0.6 is 0 Å². The standard InChI is InChI=1S/C24H30N4O2/c1-17-9-10-18(21(25)29)15-20(17)28-16-23(26-22(28)30)11-13-24(14-12-23,27(2)3)19-7-5-4-6-8-19/h4-10,15H,11-14,16H2,1-3H3,(H2,25,29)(H,26,30). The largest absolute Gasteiger partial charge is 0.366 e. The minimum atomic E-state index is -0.484. The Morgan fingerprint density at radius 3 is 2.33 bits per heavy atom. The zero-order valence-electron chi connectivity index (χ0n) is 17.9. The molecule has 2 fully saturated rings. The maximum Gasteiger partial charge on any atom is 0.322 e. The number of amides is 3. The number of primary amides is 1. The van der Waals surface area contributed by atoms with Crippen molar-refractivity contribution in [3.8, 4) is 0 Å². The summed E-state index contributed by atoms with van der Waals surface area (Å²) in [5, 5.41) is 3.27. The van der Waals surface area contributed by atoms with Crippen LogP contribution in [0.4, 0.5) is 10.5 Å². The summed E-state index contributed by atoms with van der Waals surface area (Å²) in [6.45, 7) is 2.55. The molecule has 158 valence electrons. The van der Waals surface area contributed by atoms with E-state index in [4.69, 9.17) is 5.73 Å². The van der Waals surface area contributed by atoms with E-state index in [-0.39, 0.29) is 17.1 Å². The van der Waals surface area contributed by atoms with Gasteiger partial charge in [-0.1, -0.05) is 36.4 Å². The second kappa shape index (κ2) is 7.43. The van der Waals surface area contributed by atoms with Crippen LogP contribution in [0.25, 0.3) is 0 Å². The van der Waals surface area contributed by atoms with E-state index in [0.29, 0.717) is 12.1 Å². The lowest BCUT2D eigenvalue weighted by atomic mass is 9.69. The van der Waals surface area contributed by atoms with Gasteiger partial charge in [0.2, 0.25) is 5.91 Å². The molecule has 2 aromatic rings. The molecule has 1 spiro atoms. The van der Waals surface area contributed by atoms with Gasteiger partial charge in [-0.25, -0.2) is 4.79 Å². The summed E-state index contributed by atoms with van der Waals surface area (Å²) in [5.74, 6) is -0.484. The van der Waals surface area contributed by atoms with Gasteiger partial charge < -0.3 is 11.1 Å². The zero-order chi connectivity index (χ0) is 21.5. The highest BCUT2D eigenvalue weighted by atomic mass is 16.2. The lowest BCUT2D eigenvalue weighted by molar-refractivity contribution is 0.0658. The van der Waals surface area contributed by atoms with Crippen molar-refractivity contribution >= 4 is 17.6 Å². The van der Waals surface area contributed by atoms with E-state index < -0.39 is 5.91 Å². The maximum absolute atomic E-state index is 12.9. The zero-order valence-corrected chi connectivity index (χ0v) is 17.9. The molecule has 6 nitrogen and oxygen atoms in total. The van der Waals surface area contributed by atoms with Crippen molar-refractivity contribution in [2.24, 2.45) is 5.73 Å². The van der Waals surface area contributed by atoms with Gasteiger partial charge in [-0.15, -0.1) is 0 Å². The number of carbonyl (C=O) groups excluding carboxylic acids is 2. The highest BCUT2D eigenvalue weighted by Gasteiger charge is 2.50. The van der Waals surface area contributed by atoms with Crippen LogP contribution in [-0.2, 0) is 5.54 Å². The monoisotopic (exact) mass is 406 g/mol. The number of hydrogen-bond donors (Lipinski definition) is 2. The minimum absolute atomic E-state index is 0.0214. The molecular weight excluding hydrogens is 376 g/mol. The fraction of sp³-hybridized carbons (Fsp3) is 0.417. The summed E-state index contributed by atoms with van der Waals surface area (Å²) in [5.41, 5.74) is 8.64. The molecule has 0 atom stereocenters. The van der Waals surface area contributed by atoms with Crippen molar-refractivity contribution in [1.82, 2.24) is 10.2 Å². The van der Waals surface area contributed by atoms with Gasteiger partial charge in [-0.05, 0) is 70.0 Å². The molecule has 0 unspecified atom stereocenters. The van der Waals surface area contributed by atoms with E-state index in [1.54, 1.807) is 17.0 Å². The van der Waals surface area contributed by atoms with E-state index in [2.05, 4.69) is 54.6 Å². The van der Waals surface area contributed by atoms with Gasteiger partial charge in [0.1, 0.15) is 0 Å². The Morgan fingerprint density at radius 2 is 1.73 bits per heavy atom. The highest BCUT2D eigenvalue weighted by Crippen LogP contribution is 2.46. The first-order chi connectivity index (χ1) is 14.3. The lowest BCUT2D eigenvalue weighted by Gasteiger charge is -2.48. The number of carbonyl (C=O) groups is 2. The molecule has 1 aliphatic carbocycles.